The Hall–Kier alpha value is -0.820. The summed E-state index contributed by atoms with van der Waals surface area (Å²) in [5.41, 5.74) is 1.78. The Balaban J connectivity index is 3.01. The zero-order valence-electron chi connectivity index (χ0n) is 10.5. The van der Waals surface area contributed by atoms with Crippen molar-refractivity contribution in [2.45, 2.75) is 52.1 Å². The first-order chi connectivity index (χ1) is 6.77. The van der Waals surface area contributed by atoms with Gasteiger partial charge in [-0.15, -0.1) is 0 Å². The zero-order valence-corrected chi connectivity index (χ0v) is 10.5. The van der Waals surface area contributed by atoms with Gasteiger partial charge in [-0.1, -0.05) is 52.0 Å². The van der Waals surface area contributed by atoms with Crippen LogP contribution in [0.5, 0.6) is 0 Å². The summed E-state index contributed by atoms with van der Waals surface area (Å²) in [7, 11) is 0. The second-order valence-corrected chi connectivity index (χ2v) is 5.45. The fourth-order valence-electron chi connectivity index (χ4n) is 1.53. The van der Waals surface area contributed by atoms with Crippen molar-refractivity contribution in [3.8, 4) is 0 Å². The third-order valence-electron chi connectivity index (χ3n) is 3.06. The maximum atomic E-state index is 10.1. The van der Waals surface area contributed by atoms with Crippen molar-refractivity contribution in [1.82, 2.24) is 0 Å². The summed E-state index contributed by atoms with van der Waals surface area (Å²) >= 11 is 0. The summed E-state index contributed by atoms with van der Waals surface area (Å²) in [5.74, 6) is 0. The van der Waals surface area contributed by atoms with Crippen LogP contribution in [0.3, 0.4) is 0 Å². The van der Waals surface area contributed by atoms with Crippen LogP contribution >= 0.6 is 0 Å². The molecule has 0 unspecified atom stereocenters. The Morgan fingerprint density at radius 1 is 0.933 bits per heavy atom. The van der Waals surface area contributed by atoms with E-state index in [1.165, 1.54) is 5.56 Å². The van der Waals surface area contributed by atoms with E-state index >= 15 is 0 Å². The summed E-state index contributed by atoms with van der Waals surface area (Å²) in [5, 5.41) is 10.1. The molecular weight excluding hydrogens is 184 g/mol. The molecule has 0 fully saturated rings. The van der Waals surface area contributed by atoms with Crippen LogP contribution in [-0.2, 0) is 11.0 Å². The molecule has 1 aromatic rings. The monoisotopic (exact) mass is 206 g/mol. The van der Waals surface area contributed by atoms with Crippen molar-refractivity contribution in [3.05, 3.63) is 35.4 Å². The molecule has 0 amide bonds. The molecule has 0 bridgehead atoms. The molecule has 0 aromatic heterocycles. The summed E-state index contributed by atoms with van der Waals surface area (Å²) < 4.78 is 0. The number of hydrogen-bond donors (Lipinski definition) is 1. The summed E-state index contributed by atoms with van der Waals surface area (Å²) in [4.78, 5) is 0. The Morgan fingerprint density at radius 3 is 1.67 bits per heavy atom. The van der Waals surface area contributed by atoms with Crippen molar-refractivity contribution in [2.75, 3.05) is 0 Å². The molecule has 1 atom stereocenters. The van der Waals surface area contributed by atoms with Crippen LogP contribution in [0.1, 0.15) is 52.2 Å². The van der Waals surface area contributed by atoms with Gasteiger partial charge >= 0.3 is 0 Å². The molecular formula is C14H22O. The first-order valence-corrected chi connectivity index (χ1v) is 5.61. The second-order valence-electron chi connectivity index (χ2n) is 5.45. The maximum Gasteiger partial charge on any atom is 0.0865 e. The maximum absolute atomic E-state index is 10.1. The quantitative estimate of drug-likeness (QED) is 0.784. The van der Waals surface area contributed by atoms with E-state index in [4.69, 9.17) is 0 Å². The molecule has 0 spiro atoms. The van der Waals surface area contributed by atoms with E-state index in [9.17, 15) is 5.11 Å². The van der Waals surface area contributed by atoms with E-state index in [2.05, 4.69) is 32.9 Å². The van der Waals surface area contributed by atoms with Crippen molar-refractivity contribution >= 4 is 0 Å². The molecule has 84 valence electrons. The topological polar surface area (TPSA) is 20.2 Å². The van der Waals surface area contributed by atoms with Gasteiger partial charge in [0.2, 0.25) is 0 Å². The smallest absolute Gasteiger partial charge is 0.0865 e. The Morgan fingerprint density at radius 2 is 1.33 bits per heavy atom. The van der Waals surface area contributed by atoms with Gasteiger partial charge < -0.3 is 5.11 Å². The van der Waals surface area contributed by atoms with E-state index in [-0.39, 0.29) is 5.41 Å². The van der Waals surface area contributed by atoms with Crippen LogP contribution in [0, 0.1) is 0 Å². The van der Waals surface area contributed by atoms with Gasteiger partial charge in [0.05, 0.1) is 5.60 Å². The fraction of sp³-hybridized carbons (Fsp3) is 0.571. The van der Waals surface area contributed by atoms with Gasteiger partial charge in [-0.25, -0.2) is 0 Å². The van der Waals surface area contributed by atoms with E-state index in [1.807, 2.05) is 26.0 Å². The van der Waals surface area contributed by atoms with Gasteiger partial charge in [-0.3, -0.25) is 0 Å². The molecule has 1 N–H and O–H groups in total. The van der Waals surface area contributed by atoms with Crippen molar-refractivity contribution < 1.29 is 5.11 Å². The Labute approximate surface area is 93.1 Å². The Bertz CT molecular complexity index is 314. The lowest BCUT2D eigenvalue weighted by Gasteiger charge is -2.24. The predicted molar refractivity (Wildman–Crippen MR) is 65.0 cm³/mol. The first kappa shape index (κ1) is 12.3. The number of hydrogen-bond acceptors (Lipinski definition) is 1. The molecule has 1 heteroatoms. The van der Waals surface area contributed by atoms with Crippen molar-refractivity contribution in [3.63, 3.8) is 0 Å². The number of benzene rings is 1. The molecule has 0 saturated carbocycles. The van der Waals surface area contributed by atoms with Crippen LogP contribution in [0.4, 0.5) is 0 Å². The molecule has 0 saturated heterocycles. The molecule has 0 radical (unpaired) electrons. The van der Waals surface area contributed by atoms with Gasteiger partial charge in [0.1, 0.15) is 0 Å². The number of rotatable bonds is 2. The third kappa shape index (κ3) is 2.82. The highest BCUT2D eigenvalue weighted by Gasteiger charge is 2.21. The minimum Gasteiger partial charge on any atom is -0.385 e. The largest absolute Gasteiger partial charge is 0.385 e. The molecule has 15 heavy (non-hydrogen) atoms. The van der Waals surface area contributed by atoms with Gasteiger partial charge in [0.15, 0.2) is 0 Å². The van der Waals surface area contributed by atoms with Gasteiger partial charge in [-0.05, 0) is 29.9 Å². The van der Waals surface area contributed by atoms with Crippen LogP contribution in [0.2, 0.25) is 0 Å². The highest BCUT2D eigenvalue weighted by atomic mass is 16.3. The van der Waals surface area contributed by atoms with Crippen molar-refractivity contribution in [1.29, 1.82) is 0 Å². The highest BCUT2D eigenvalue weighted by Crippen LogP contribution is 2.27. The molecule has 0 aliphatic rings. The minimum absolute atomic E-state index is 0.177. The molecule has 0 heterocycles. The van der Waals surface area contributed by atoms with Gasteiger partial charge in [0, 0.05) is 0 Å². The summed E-state index contributed by atoms with van der Waals surface area (Å²) in [6.07, 6.45) is 0.738. The molecule has 1 nitrogen and oxygen atoms in total. The van der Waals surface area contributed by atoms with E-state index < -0.39 is 5.60 Å². The average Bonchev–Trinajstić information content (AvgIpc) is 2.17. The van der Waals surface area contributed by atoms with Crippen LogP contribution in [-0.4, -0.2) is 5.11 Å². The molecule has 0 aliphatic heterocycles. The van der Waals surface area contributed by atoms with Crippen LogP contribution < -0.4 is 0 Å². The van der Waals surface area contributed by atoms with E-state index in [0.29, 0.717) is 0 Å². The summed E-state index contributed by atoms with van der Waals surface area (Å²) in [6.45, 7) is 10.4. The highest BCUT2D eigenvalue weighted by molar-refractivity contribution is 5.30. The average molecular weight is 206 g/mol. The van der Waals surface area contributed by atoms with Gasteiger partial charge in [-0.2, -0.15) is 0 Å². The second kappa shape index (κ2) is 3.97. The van der Waals surface area contributed by atoms with E-state index in [1.54, 1.807) is 0 Å². The van der Waals surface area contributed by atoms with Crippen LogP contribution in [0.25, 0.3) is 0 Å². The molecule has 1 rings (SSSR count). The predicted octanol–water partition coefficient (Wildman–Crippen LogP) is 3.60. The Kier molecular flexibility index (Phi) is 3.25. The SMILES string of the molecule is CC[C@@](C)(O)c1ccc(C(C)(C)C)cc1. The van der Waals surface area contributed by atoms with E-state index in [0.717, 1.165) is 12.0 Å². The zero-order chi connectivity index (χ0) is 11.7. The first-order valence-electron chi connectivity index (χ1n) is 5.61. The van der Waals surface area contributed by atoms with Crippen LogP contribution in [0.15, 0.2) is 24.3 Å². The van der Waals surface area contributed by atoms with Gasteiger partial charge in [0.25, 0.3) is 0 Å². The fourth-order valence-corrected chi connectivity index (χ4v) is 1.53. The standard InChI is InChI=1S/C14H22O/c1-6-14(5,15)12-9-7-11(8-10-12)13(2,3)4/h7-10,15H,6H2,1-5H3/t14-/m1/s1. The lowest BCUT2D eigenvalue weighted by atomic mass is 9.84. The lowest BCUT2D eigenvalue weighted by molar-refractivity contribution is 0.0530. The minimum atomic E-state index is -0.698. The lowest BCUT2D eigenvalue weighted by Crippen LogP contribution is -2.20. The third-order valence-corrected chi connectivity index (χ3v) is 3.06. The normalized spacial score (nSPS) is 16.1. The molecule has 0 aliphatic carbocycles. The summed E-state index contributed by atoms with van der Waals surface area (Å²) in [6, 6.07) is 8.28. The van der Waals surface area contributed by atoms with Crippen molar-refractivity contribution in [2.24, 2.45) is 0 Å². The number of aliphatic hydroxyl groups is 1. The molecule has 1 aromatic carbocycles.